The molecule has 1 amide bonds. The van der Waals surface area contributed by atoms with E-state index in [2.05, 4.69) is 15.2 Å². The third kappa shape index (κ3) is 3.64. The summed E-state index contributed by atoms with van der Waals surface area (Å²) < 4.78 is 9.94. The molecular formula is C20H18N2O4. The minimum Gasteiger partial charge on any atom is -0.465 e. The fourth-order valence-electron chi connectivity index (χ4n) is 2.42. The number of hydrogen-bond donors (Lipinski definition) is 1. The molecule has 3 rings (SSSR count). The van der Waals surface area contributed by atoms with Gasteiger partial charge in [-0.15, -0.1) is 0 Å². The molecular weight excluding hydrogens is 332 g/mol. The standard InChI is InChI=1S/C20H18N2O4/c1-12-4-5-15(10-13(12)2)18-11-17(22-26-18)19(23)21-16-8-6-14(7-9-16)20(24)25-3/h4-11H,1-3H3,(H,21,23). The molecule has 0 saturated heterocycles. The van der Waals surface area contributed by atoms with Gasteiger partial charge in [0, 0.05) is 17.3 Å². The van der Waals surface area contributed by atoms with Crippen molar-refractivity contribution in [3.63, 3.8) is 0 Å². The first-order valence-electron chi connectivity index (χ1n) is 8.02. The number of hydrogen-bond acceptors (Lipinski definition) is 5. The lowest BCUT2D eigenvalue weighted by Gasteiger charge is -2.04. The van der Waals surface area contributed by atoms with Gasteiger partial charge in [-0.3, -0.25) is 4.79 Å². The molecule has 132 valence electrons. The topological polar surface area (TPSA) is 81.4 Å². The predicted molar refractivity (Wildman–Crippen MR) is 97.1 cm³/mol. The van der Waals surface area contributed by atoms with Crippen molar-refractivity contribution in [2.45, 2.75) is 13.8 Å². The minimum atomic E-state index is -0.433. The number of methoxy groups -OCH3 is 1. The highest BCUT2D eigenvalue weighted by molar-refractivity contribution is 6.03. The summed E-state index contributed by atoms with van der Waals surface area (Å²) in [5.74, 6) is -0.300. The summed E-state index contributed by atoms with van der Waals surface area (Å²) in [7, 11) is 1.32. The van der Waals surface area contributed by atoms with E-state index in [-0.39, 0.29) is 5.69 Å². The molecule has 0 unspecified atom stereocenters. The van der Waals surface area contributed by atoms with Gasteiger partial charge in [0.1, 0.15) is 0 Å². The van der Waals surface area contributed by atoms with Crippen LogP contribution >= 0.6 is 0 Å². The summed E-state index contributed by atoms with van der Waals surface area (Å²) in [5.41, 5.74) is 4.30. The summed E-state index contributed by atoms with van der Waals surface area (Å²) in [5, 5.41) is 6.55. The second-order valence-electron chi connectivity index (χ2n) is 5.90. The van der Waals surface area contributed by atoms with Crippen molar-refractivity contribution in [2.24, 2.45) is 0 Å². The molecule has 0 radical (unpaired) electrons. The van der Waals surface area contributed by atoms with E-state index in [1.807, 2.05) is 32.0 Å². The monoisotopic (exact) mass is 350 g/mol. The van der Waals surface area contributed by atoms with Gasteiger partial charge in [0.15, 0.2) is 11.5 Å². The van der Waals surface area contributed by atoms with E-state index in [1.165, 1.54) is 12.7 Å². The number of carbonyl (C=O) groups excluding carboxylic acids is 2. The second-order valence-corrected chi connectivity index (χ2v) is 5.90. The molecule has 6 heteroatoms. The quantitative estimate of drug-likeness (QED) is 0.719. The van der Waals surface area contributed by atoms with Crippen LogP contribution in [0, 0.1) is 13.8 Å². The van der Waals surface area contributed by atoms with Crippen molar-refractivity contribution < 1.29 is 18.8 Å². The summed E-state index contributed by atoms with van der Waals surface area (Å²) in [6.45, 7) is 4.05. The predicted octanol–water partition coefficient (Wildman–Crippen LogP) is 4.00. The van der Waals surface area contributed by atoms with Crippen LogP contribution in [0.4, 0.5) is 5.69 Å². The molecule has 0 aliphatic heterocycles. The Bertz CT molecular complexity index is 958. The summed E-state index contributed by atoms with van der Waals surface area (Å²) in [4.78, 5) is 23.7. The Kier molecular flexibility index (Phi) is 4.84. The van der Waals surface area contributed by atoms with Crippen LogP contribution in [0.1, 0.15) is 32.0 Å². The average Bonchev–Trinajstić information content (AvgIpc) is 3.14. The normalized spacial score (nSPS) is 10.4. The van der Waals surface area contributed by atoms with Gasteiger partial charge in [0.2, 0.25) is 0 Å². The molecule has 0 aliphatic carbocycles. The Morgan fingerprint density at radius 1 is 1.00 bits per heavy atom. The van der Waals surface area contributed by atoms with Crippen molar-refractivity contribution >= 4 is 17.6 Å². The lowest BCUT2D eigenvalue weighted by atomic mass is 10.0. The molecule has 0 saturated carbocycles. The number of anilines is 1. The zero-order valence-electron chi connectivity index (χ0n) is 14.7. The third-order valence-electron chi connectivity index (χ3n) is 4.10. The minimum absolute atomic E-state index is 0.176. The van der Waals surface area contributed by atoms with Gasteiger partial charge < -0.3 is 14.6 Å². The Hall–Kier alpha value is -3.41. The maximum atomic E-state index is 12.3. The highest BCUT2D eigenvalue weighted by Gasteiger charge is 2.15. The number of benzene rings is 2. The maximum absolute atomic E-state index is 12.3. The van der Waals surface area contributed by atoms with Gasteiger partial charge in [0.05, 0.1) is 12.7 Å². The lowest BCUT2D eigenvalue weighted by Crippen LogP contribution is -2.12. The number of ether oxygens (including phenoxy) is 1. The number of amides is 1. The van der Waals surface area contributed by atoms with Gasteiger partial charge in [-0.2, -0.15) is 0 Å². The zero-order chi connectivity index (χ0) is 18.7. The molecule has 6 nitrogen and oxygen atoms in total. The maximum Gasteiger partial charge on any atom is 0.337 e. The van der Waals surface area contributed by atoms with E-state index < -0.39 is 11.9 Å². The van der Waals surface area contributed by atoms with Crippen molar-refractivity contribution in [3.8, 4) is 11.3 Å². The van der Waals surface area contributed by atoms with E-state index >= 15 is 0 Å². The first-order chi connectivity index (χ1) is 12.5. The lowest BCUT2D eigenvalue weighted by molar-refractivity contribution is 0.0600. The Morgan fingerprint density at radius 3 is 2.38 bits per heavy atom. The van der Waals surface area contributed by atoms with E-state index in [0.29, 0.717) is 17.0 Å². The van der Waals surface area contributed by atoms with E-state index in [0.717, 1.165) is 11.1 Å². The van der Waals surface area contributed by atoms with Crippen molar-refractivity contribution in [1.29, 1.82) is 0 Å². The molecule has 2 aromatic carbocycles. The van der Waals surface area contributed by atoms with Gasteiger partial charge in [0.25, 0.3) is 5.91 Å². The average molecular weight is 350 g/mol. The molecule has 0 fully saturated rings. The van der Waals surface area contributed by atoms with Crippen LogP contribution in [0.2, 0.25) is 0 Å². The van der Waals surface area contributed by atoms with Crippen LogP contribution in [0.15, 0.2) is 53.1 Å². The molecule has 1 aromatic heterocycles. The Morgan fingerprint density at radius 2 is 1.73 bits per heavy atom. The number of carbonyl (C=O) groups is 2. The van der Waals surface area contributed by atoms with Crippen molar-refractivity contribution in [1.82, 2.24) is 5.16 Å². The van der Waals surface area contributed by atoms with Crippen LogP contribution in [-0.4, -0.2) is 24.1 Å². The number of rotatable bonds is 4. The fraction of sp³-hybridized carbons (Fsp3) is 0.150. The van der Waals surface area contributed by atoms with Gasteiger partial charge in [-0.05, 0) is 55.3 Å². The van der Waals surface area contributed by atoms with Crippen molar-refractivity contribution in [2.75, 3.05) is 12.4 Å². The van der Waals surface area contributed by atoms with Gasteiger partial charge in [-0.1, -0.05) is 17.3 Å². The molecule has 0 bridgehead atoms. The molecule has 3 aromatic rings. The summed E-state index contributed by atoms with van der Waals surface area (Å²) >= 11 is 0. The van der Waals surface area contributed by atoms with Crippen LogP contribution in [0.3, 0.4) is 0 Å². The van der Waals surface area contributed by atoms with Crippen LogP contribution in [-0.2, 0) is 4.74 Å². The smallest absolute Gasteiger partial charge is 0.337 e. The molecule has 1 heterocycles. The SMILES string of the molecule is COC(=O)c1ccc(NC(=O)c2cc(-c3ccc(C)c(C)c3)on2)cc1. The zero-order valence-corrected chi connectivity index (χ0v) is 14.7. The van der Waals surface area contributed by atoms with E-state index in [9.17, 15) is 9.59 Å². The summed E-state index contributed by atoms with van der Waals surface area (Å²) in [6.07, 6.45) is 0. The molecule has 1 N–H and O–H groups in total. The van der Waals surface area contributed by atoms with Crippen LogP contribution in [0.5, 0.6) is 0 Å². The number of aromatic nitrogens is 1. The second kappa shape index (κ2) is 7.23. The molecule has 0 spiro atoms. The first kappa shape index (κ1) is 17.4. The first-order valence-corrected chi connectivity index (χ1v) is 8.02. The van der Waals surface area contributed by atoms with Gasteiger partial charge >= 0.3 is 5.97 Å². The third-order valence-corrected chi connectivity index (χ3v) is 4.10. The van der Waals surface area contributed by atoms with Gasteiger partial charge in [-0.25, -0.2) is 4.79 Å². The van der Waals surface area contributed by atoms with E-state index in [1.54, 1.807) is 30.3 Å². The van der Waals surface area contributed by atoms with E-state index in [4.69, 9.17) is 4.52 Å². The molecule has 26 heavy (non-hydrogen) atoms. The highest BCUT2D eigenvalue weighted by Crippen LogP contribution is 2.23. The number of nitrogens with one attached hydrogen (secondary N) is 1. The van der Waals surface area contributed by atoms with Crippen LogP contribution < -0.4 is 5.32 Å². The molecule has 0 aliphatic rings. The number of nitrogens with zero attached hydrogens (tertiary/aromatic N) is 1. The van der Waals surface area contributed by atoms with Crippen LogP contribution in [0.25, 0.3) is 11.3 Å². The largest absolute Gasteiger partial charge is 0.465 e. The number of esters is 1. The number of aryl methyl sites for hydroxylation is 2. The highest BCUT2D eigenvalue weighted by atomic mass is 16.5. The summed E-state index contributed by atoms with van der Waals surface area (Å²) in [6, 6.07) is 13.9. The molecule has 0 atom stereocenters. The Balaban J connectivity index is 1.73. The Labute approximate surface area is 150 Å². The van der Waals surface area contributed by atoms with Crippen molar-refractivity contribution in [3.05, 3.63) is 70.9 Å². The fourth-order valence-corrected chi connectivity index (χ4v) is 2.42.